The quantitative estimate of drug-likeness (QED) is 0.463. The van der Waals surface area contributed by atoms with Crippen LogP contribution in [0.1, 0.15) is 24.0 Å². The highest BCUT2D eigenvalue weighted by Gasteiger charge is 2.29. The van der Waals surface area contributed by atoms with Gasteiger partial charge in [-0.3, -0.25) is 9.59 Å². The third-order valence-corrected chi connectivity index (χ3v) is 5.26. The second-order valence-corrected chi connectivity index (χ2v) is 7.59. The number of benzene rings is 3. The van der Waals surface area contributed by atoms with Crippen molar-refractivity contribution in [2.75, 3.05) is 13.7 Å². The van der Waals surface area contributed by atoms with Crippen molar-refractivity contribution in [3.05, 3.63) is 102 Å². The SMILES string of the molecule is CNC(=O)C(Cc1ccccc1)N(Cc1ccccc1)C(=O)CCCOc1ccccc1. The lowest BCUT2D eigenvalue weighted by Crippen LogP contribution is -2.49. The Morgan fingerprint density at radius 3 is 2.00 bits per heavy atom. The first kappa shape index (κ1) is 23.1. The molecule has 1 atom stereocenters. The van der Waals surface area contributed by atoms with Crippen LogP contribution in [0.5, 0.6) is 5.75 Å². The average molecular weight is 431 g/mol. The van der Waals surface area contributed by atoms with Crippen LogP contribution in [-0.4, -0.2) is 36.4 Å². The minimum atomic E-state index is -0.592. The fraction of sp³-hybridized carbons (Fsp3) is 0.259. The van der Waals surface area contributed by atoms with Gasteiger partial charge in [-0.15, -0.1) is 0 Å². The van der Waals surface area contributed by atoms with Crippen LogP contribution in [0.25, 0.3) is 0 Å². The molecule has 2 amide bonds. The maximum Gasteiger partial charge on any atom is 0.242 e. The van der Waals surface area contributed by atoms with Gasteiger partial charge in [-0.25, -0.2) is 0 Å². The second kappa shape index (κ2) is 12.3. The van der Waals surface area contributed by atoms with Gasteiger partial charge in [-0.2, -0.15) is 0 Å². The van der Waals surface area contributed by atoms with Crippen molar-refractivity contribution < 1.29 is 14.3 Å². The summed E-state index contributed by atoms with van der Waals surface area (Å²) in [5, 5.41) is 2.74. The summed E-state index contributed by atoms with van der Waals surface area (Å²) < 4.78 is 5.73. The molecule has 0 bridgehead atoms. The number of hydrogen-bond donors (Lipinski definition) is 1. The van der Waals surface area contributed by atoms with Crippen molar-refractivity contribution in [1.29, 1.82) is 0 Å². The van der Waals surface area contributed by atoms with Crippen molar-refractivity contribution in [2.45, 2.75) is 31.8 Å². The Balaban J connectivity index is 1.72. The molecule has 0 aliphatic carbocycles. The highest BCUT2D eigenvalue weighted by atomic mass is 16.5. The molecule has 3 rings (SSSR count). The maximum atomic E-state index is 13.3. The Labute approximate surface area is 190 Å². The normalized spacial score (nSPS) is 11.4. The molecule has 0 radical (unpaired) electrons. The highest BCUT2D eigenvalue weighted by molar-refractivity contribution is 5.87. The van der Waals surface area contributed by atoms with Crippen LogP contribution >= 0.6 is 0 Å². The number of nitrogens with one attached hydrogen (secondary N) is 1. The molecule has 0 aliphatic rings. The van der Waals surface area contributed by atoms with E-state index in [1.54, 1.807) is 11.9 Å². The molecule has 5 nitrogen and oxygen atoms in total. The van der Waals surface area contributed by atoms with Crippen LogP contribution in [0, 0.1) is 0 Å². The van der Waals surface area contributed by atoms with Crippen LogP contribution in [0.4, 0.5) is 0 Å². The van der Waals surface area contributed by atoms with E-state index in [-0.39, 0.29) is 11.8 Å². The summed E-state index contributed by atoms with van der Waals surface area (Å²) >= 11 is 0. The first-order chi connectivity index (χ1) is 15.7. The van der Waals surface area contributed by atoms with Gasteiger partial charge in [0.15, 0.2) is 0 Å². The summed E-state index contributed by atoms with van der Waals surface area (Å²) in [6.45, 7) is 0.822. The Hall–Kier alpha value is -3.60. The van der Waals surface area contributed by atoms with Crippen LogP contribution in [0.3, 0.4) is 0 Å². The van der Waals surface area contributed by atoms with E-state index in [0.29, 0.717) is 32.4 Å². The van der Waals surface area contributed by atoms with Gasteiger partial charge in [0.05, 0.1) is 6.61 Å². The molecular weight excluding hydrogens is 400 g/mol. The number of carbonyl (C=O) groups excluding carboxylic acids is 2. The molecule has 3 aromatic rings. The zero-order valence-corrected chi connectivity index (χ0v) is 18.4. The first-order valence-electron chi connectivity index (χ1n) is 10.9. The van der Waals surface area contributed by atoms with Crippen molar-refractivity contribution in [3.8, 4) is 5.75 Å². The number of ether oxygens (including phenoxy) is 1. The second-order valence-electron chi connectivity index (χ2n) is 7.59. The monoisotopic (exact) mass is 430 g/mol. The molecule has 3 aromatic carbocycles. The van der Waals surface area contributed by atoms with Gasteiger partial charge < -0.3 is 15.0 Å². The standard InChI is InChI=1S/C27H30N2O3/c1-28-27(31)25(20-22-12-5-2-6-13-22)29(21-23-14-7-3-8-15-23)26(30)18-11-19-32-24-16-9-4-10-17-24/h2-10,12-17,25H,11,18-21H2,1H3,(H,28,31). The van der Waals surface area contributed by atoms with E-state index in [1.807, 2.05) is 91.0 Å². The van der Waals surface area contributed by atoms with Crippen molar-refractivity contribution in [2.24, 2.45) is 0 Å². The van der Waals surface area contributed by atoms with Crippen LogP contribution in [-0.2, 0) is 22.6 Å². The lowest BCUT2D eigenvalue weighted by atomic mass is 10.0. The van der Waals surface area contributed by atoms with Crippen LogP contribution in [0.15, 0.2) is 91.0 Å². The van der Waals surface area contributed by atoms with Crippen LogP contribution in [0.2, 0.25) is 0 Å². The lowest BCUT2D eigenvalue weighted by Gasteiger charge is -2.31. The summed E-state index contributed by atoms with van der Waals surface area (Å²) in [4.78, 5) is 27.8. The fourth-order valence-corrected chi connectivity index (χ4v) is 3.57. The summed E-state index contributed by atoms with van der Waals surface area (Å²) in [7, 11) is 1.61. The maximum absolute atomic E-state index is 13.3. The molecular formula is C27H30N2O3. The average Bonchev–Trinajstić information content (AvgIpc) is 2.85. The Bertz CT molecular complexity index is 962. The predicted molar refractivity (Wildman–Crippen MR) is 126 cm³/mol. The number of amides is 2. The van der Waals surface area contributed by atoms with Gasteiger partial charge >= 0.3 is 0 Å². The third kappa shape index (κ3) is 6.98. The summed E-state index contributed by atoms with van der Waals surface area (Å²) in [5.41, 5.74) is 2.00. The highest BCUT2D eigenvalue weighted by Crippen LogP contribution is 2.17. The van der Waals surface area contributed by atoms with Gasteiger partial charge in [-0.1, -0.05) is 78.9 Å². The molecule has 0 saturated heterocycles. The Morgan fingerprint density at radius 1 is 0.844 bits per heavy atom. The van der Waals surface area contributed by atoms with E-state index >= 15 is 0 Å². The molecule has 0 saturated carbocycles. The summed E-state index contributed by atoms with van der Waals surface area (Å²) in [6.07, 6.45) is 1.34. The van der Waals surface area contributed by atoms with Crippen molar-refractivity contribution in [1.82, 2.24) is 10.2 Å². The molecule has 0 fully saturated rings. The summed E-state index contributed by atoms with van der Waals surface area (Å²) in [5.74, 6) is 0.558. The van der Waals surface area contributed by atoms with Crippen molar-refractivity contribution in [3.63, 3.8) is 0 Å². The molecule has 0 heterocycles. The number of likely N-dealkylation sites (N-methyl/N-ethyl adjacent to an activating group) is 1. The first-order valence-corrected chi connectivity index (χ1v) is 10.9. The number of nitrogens with zero attached hydrogens (tertiary/aromatic N) is 1. The van der Waals surface area contributed by atoms with E-state index < -0.39 is 6.04 Å². The molecule has 0 aromatic heterocycles. The van der Waals surface area contributed by atoms with Crippen LogP contribution < -0.4 is 10.1 Å². The largest absolute Gasteiger partial charge is 0.494 e. The fourth-order valence-electron chi connectivity index (χ4n) is 3.57. The molecule has 166 valence electrons. The Kier molecular flexibility index (Phi) is 8.87. The number of rotatable bonds is 11. The zero-order chi connectivity index (χ0) is 22.6. The number of carbonyl (C=O) groups is 2. The number of hydrogen-bond acceptors (Lipinski definition) is 3. The molecule has 0 spiro atoms. The number of para-hydroxylation sites is 1. The topological polar surface area (TPSA) is 58.6 Å². The zero-order valence-electron chi connectivity index (χ0n) is 18.4. The molecule has 1 N–H and O–H groups in total. The predicted octanol–water partition coefficient (Wildman–Crippen LogP) is 4.23. The summed E-state index contributed by atoms with van der Waals surface area (Å²) in [6, 6.07) is 28.5. The van der Waals surface area contributed by atoms with E-state index in [9.17, 15) is 9.59 Å². The third-order valence-electron chi connectivity index (χ3n) is 5.26. The molecule has 1 unspecified atom stereocenters. The minimum absolute atomic E-state index is 0.0601. The van der Waals surface area contributed by atoms with E-state index in [4.69, 9.17) is 4.74 Å². The van der Waals surface area contributed by atoms with Gasteiger partial charge in [0, 0.05) is 26.4 Å². The molecule has 0 aliphatic heterocycles. The van der Waals surface area contributed by atoms with E-state index in [1.165, 1.54) is 0 Å². The Morgan fingerprint density at radius 2 is 1.41 bits per heavy atom. The van der Waals surface area contributed by atoms with Gasteiger partial charge in [0.2, 0.25) is 11.8 Å². The lowest BCUT2D eigenvalue weighted by molar-refractivity contribution is -0.141. The van der Waals surface area contributed by atoms with Gasteiger partial charge in [0.1, 0.15) is 11.8 Å². The molecule has 5 heteroatoms. The van der Waals surface area contributed by atoms with Gasteiger partial charge in [0.25, 0.3) is 0 Å². The minimum Gasteiger partial charge on any atom is -0.494 e. The molecule has 32 heavy (non-hydrogen) atoms. The van der Waals surface area contributed by atoms with E-state index in [2.05, 4.69) is 5.32 Å². The smallest absolute Gasteiger partial charge is 0.242 e. The van der Waals surface area contributed by atoms with E-state index in [0.717, 1.165) is 16.9 Å². The van der Waals surface area contributed by atoms with Crippen molar-refractivity contribution >= 4 is 11.8 Å². The van der Waals surface area contributed by atoms with Gasteiger partial charge in [-0.05, 0) is 29.7 Å².